The van der Waals surface area contributed by atoms with E-state index < -0.39 is 6.10 Å². The molecule has 4 rings (SSSR count). The van der Waals surface area contributed by atoms with Crippen LogP contribution in [0.15, 0.2) is 12.1 Å². The van der Waals surface area contributed by atoms with E-state index in [0.29, 0.717) is 40.5 Å². The van der Waals surface area contributed by atoms with Gasteiger partial charge in [0.15, 0.2) is 23.0 Å². The molecule has 0 spiro atoms. The maximum Gasteiger partial charge on any atom is 0.231 e. The molecule has 0 aromatic heterocycles. The number of benzene rings is 2. The fourth-order valence-electron chi connectivity index (χ4n) is 4.35. The van der Waals surface area contributed by atoms with Crippen LogP contribution in [0.4, 0.5) is 0 Å². The van der Waals surface area contributed by atoms with Crippen molar-refractivity contribution in [2.75, 3.05) is 28.1 Å². The van der Waals surface area contributed by atoms with Crippen LogP contribution in [-0.2, 0) is 6.42 Å². The molecule has 29 heavy (non-hydrogen) atoms. The average Bonchev–Trinajstić information content (AvgIpc) is 3.18. The van der Waals surface area contributed by atoms with Crippen molar-refractivity contribution in [1.82, 2.24) is 0 Å². The predicted molar refractivity (Wildman–Crippen MR) is 106 cm³/mol. The number of rotatable bonds is 3. The molecular weight excluding hydrogens is 376 g/mol. The third-order valence-corrected chi connectivity index (χ3v) is 6.07. The van der Waals surface area contributed by atoms with Gasteiger partial charge in [0.05, 0.1) is 27.4 Å². The maximum absolute atomic E-state index is 11.2. The number of hydrogen-bond acceptors (Lipinski definition) is 7. The minimum Gasteiger partial charge on any atom is -0.504 e. The number of aromatic hydroxyl groups is 1. The summed E-state index contributed by atoms with van der Waals surface area (Å²) in [5.41, 5.74) is 2.92. The molecule has 2 aromatic carbocycles. The van der Waals surface area contributed by atoms with Crippen molar-refractivity contribution in [3.8, 4) is 45.6 Å². The number of phenolic OH excluding ortho intramolecular Hbond substituents is 1. The Hall–Kier alpha value is -2.80. The standard InChI is InChI=1S/C22H26O7/c1-10-6-12-7-15-20(29-9-28-15)21(26-4)16(12)17-13(18(24)11(10)2)8-14(23)19(25-3)22(17)27-5/h7-8,10-11,18,23-24H,6,9H2,1-5H3/t10-,11-,18-/m0/s1. The van der Waals surface area contributed by atoms with Crippen LogP contribution in [0.5, 0.6) is 34.5 Å². The minimum atomic E-state index is -0.811. The van der Waals surface area contributed by atoms with Crippen LogP contribution >= 0.6 is 0 Å². The van der Waals surface area contributed by atoms with Crippen LogP contribution in [-0.4, -0.2) is 38.3 Å². The van der Waals surface area contributed by atoms with E-state index in [-0.39, 0.29) is 30.1 Å². The molecule has 0 saturated carbocycles. The van der Waals surface area contributed by atoms with Crippen LogP contribution in [0, 0.1) is 11.8 Å². The Labute approximate surface area is 169 Å². The van der Waals surface area contributed by atoms with E-state index in [2.05, 4.69) is 6.92 Å². The van der Waals surface area contributed by atoms with Gasteiger partial charge in [0.25, 0.3) is 0 Å². The van der Waals surface area contributed by atoms with E-state index >= 15 is 0 Å². The second kappa shape index (κ2) is 7.22. The second-order valence-electron chi connectivity index (χ2n) is 7.59. The molecular formula is C22H26O7. The normalized spacial score (nSPS) is 22.2. The molecule has 0 amide bonds. The molecule has 156 valence electrons. The van der Waals surface area contributed by atoms with Crippen molar-refractivity contribution in [2.45, 2.75) is 26.4 Å². The monoisotopic (exact) mass is 402 g/mol. The summed E-state index contributed by atoms with van der Waals surface area (Å²) in [6.07, 6.45) is -0.110. The number of phenols is 1. The van der Waals surface area contributed by atoms with Gasteiger partial charge in [0.2, 0.25) is 18.3 Å². The topological polar surface area (TPSA) is 86.6 Å². The van der Waals surface area contributed by atoms with Crippen LogP contribution in [0.3, 0.4) is 0 Å². The molecule has 0 unspecified atom stereocenters. The summed E-state index contributed by atoms with van der Waals surface area (Å²) in [6.45, 7) is 4.22. The highest BCUT2D eigenvalue weighted by molar-refractivity contribution is 5.88. The van der Waals surface area contributed by atoms with E-state index in [9.17, 15) is 10.2 Å². The molecule has 0 radical (unpaired) electrons. The van der Waals surface area contributed by atoms with Gasteiger partial charge in [-0.25, -0.2) is 0 Å². The fraction of sp³-hybridized carbons (Fsp3) is 0.455. The molecule has 2 aromatic rings. The minimum absolute atomic E-state index is 0.0594. The molecule has 7 nitrogen and oxygen atoms in total. The summed E-state index contributed by atoms with van der Waals surface area (Å²) in [4.78, 5) is 0. The highest BCUT2D eigenvalue weighted by atomic mass is 16.7. The van der Waals surface area contributed by atoms with Crippen LogP contribution < -0.4 is 23.7 Å². The van der Waals surface area contributed by atoms with Gasteiger partial charge in [0.1, 0.15) is 0 Å². The number of hydrogen-bond donors (Lipinski definition) is 2. The lowest BCUT2D eigenvalue weighted by Gasteiger charge is -2.33. The van der Waals surface area contributed by atoms with Crippen molar-refractivity contribution in [1.29, 1.82) is 0 Å². The lowest BCUT2D eigenvalue weighted by Crippen LogP contribution is -2.22. The Morgan fingerprint density at radius 2 is 1.62 bits per heavy atom. The van der Waals surface area contributed by atoms with Crippen molar-refractivity contribution in [2.24, 2.45) is 11.8 Å². The zero-order valence-electron chi connectivity index (χ0n) is 17.2. The van der Waals surface area contributed by atoms with Gasteiger partial charge < -0.3 is 33.9 Å². The summed E-state index contributed by atoms with van der Waals surface area (Å²) in [6, 6.07) is 3.51. The third-order valence-electron chi connectivity index (χ3n) is 6.07. The first-order chi connectivity index (χ1) is 13.9. The van der Waals surface area contributed by atoms with E-state index in [1.807, 2.05) is 13.0 Å². The molecule has 0 fully saturated rings. The van der Waals surface area contributed by atoms with Gasteiger partial charge in [-0.2, -0.15) is 0 Å². The van der Waals surface area contributed by atoms with Crippen LogP contribution in [0.2, 0.25) is 0 Å². The Kier molecular flexibility index (Phi) is 4.86. The number of fused-ring (bicyclic) bond motifs is 4. The van der Waals surface area contributed by atoms with Gasteiger partial charge in [-0.15, -0.1) is 0 Å². The quantitative estimate of drug-likeness (QED) is 0.810. The van der Waals surface area contributed by atoms with Gasteiger partial charge in [-0.05, 0) is 41.5 Å². The molecule has 1 aliphatic carbocycles. The summed E-state index contributed by atoms with van der Waals surface area (Å²) in [5.74, 6) is 2.20. The summed E-state index contributed by atoms with van der Waals surface area (Å²) in [7, 11) is 4.54. The molecule has 7 heteroatoms. The molecule has 1 heterocycles. The van der Waals surface area contributed by atoms with E-state index in [4.69, 9.17) is 23.7 Å². The molecule has 0 saturated heterocycles. The zero-order valence-corrected chi connectivity index (χ0v) is 17.2. The maximum atomic E-state index is 11.2. The van der Waals surface area contributed by atoms with Crippen molar-refractivity contribution < 1.29 is 33.9 Å². The second-order valence-corrected chi connectivity index (χ2v) is 7.59. The van der Waals surface area contributed by atoms with E-state index in [0.717, 1.165) is 11.1 Å². The first kappa shape index (κ1) is 19.5. The Morgan fingerprint density at radius 1 is 0.931 bits per heavy atom. The first-order valence-corrected chi connectivity index (χ1v) is 9.58. The number of ether oxygens (including phenoxy) is 5. The fourth-order valence-corrected chi connectivity index (χ4v) is 4.35. The van der Waals surface area contributed by atoms with Gasteiger partial charge in [-0.3, -0.25) is 0 Å². The lowest BCUT2D eigenvalue weighted by molar-refractivity contribution is 0.0863. The van der Waals surface area contributed by atoms with Crippen molar-refractivity contribution >= 4 is 0 Å². The number of aliphatic hydroxyl groups excluding tert-OH is 1. The van der Waals surface area contributed by atoms with Gasteiger partial charge in [-0.1, -0.05) is 13.8 Å². The smallest absolute Gasteiger partial charge is 0.231 e. The predicted octanol–water partition coefficient (Wildman–Crippen LogP) is 3.68. The first-order valence-electron chi connectivity index (χ1n) is 9.58. The van der Waals surface area contributed by atoms with Gasteiger partial charge >= 0.3 is 0 Å². The SMILES string of the molecule is COc1c(O)cc2c(c1OC)-c1c(cc3c(c1OC)OCO3)C[C@H](C)[C@H](C)[C@@H]2O. The third kappa shape index (κ3) is 2.83. The highest BCUT2D eigenvalue weighted by Crippen LogP contribution is 2.57. The van der Waals surface area contributed by atoms with E-state index in [1.54, 1.807) is 13.2 Å². The summed E-state index contributed by atoms with van der Waals surface area (Å²) < 4.78 is 28.1. The highest BCUT2D eigenvalue weighted by Gasteiger charge is 2.37. The van der Waals surface area contributed by atoms with Crippen LogP contribution in [0.1, 0.15) is 31.1 Å². The van der Waals surface area contributed by atoms with Gasteiger partial charge in [0, 0.05) is 11.1 Å². The average molecular weight is 402 g/mol. The Morgan fingerprint density at radius 3 is 2.28 bits per heavy atom. The van der Waals surface area contributed by atoms with Crippen molar-refractivity contribution in [3.63, 3.8) is 0 Å². The van der Waals surface area contributed by atoms with Crippen LogP contribution in [0.25, 0.3) is 11.1 Å². The largest absolute Gasteiger partial charge is 0.504 e. The molecule has 0 bridgehead atoms. The number of aliphatic hydroxyl groups is 1. The molecule has 3 atom stereocenters. The van der Waals surface area contributed by atoms with Crippen molar-refractivity contribution in [3.05, 3.63) is 23.3 Å². The summed E-state index contributed by atoms with van der Waals surface area (Å²) >= 11 is 0. The molecule has 2 aliphatic rings. The lowest BCUT2D eigenvalue weighted by atomic mass is 9.76. The number of methoxy groups -OCH3 is 3. The molecule has 2 N–H and O–H groups in total. The Bertz CT molecular complexity index is 953. The van der Waals surface area contributed by atoms with E-state index in [1.165, 1.54) is 14.2 Å². The molecule has 1 aliphatic heterocycles. The zero-order chi connectivity index (χ0) is 20.9. The Balaban J connectivity index is 2.16. The summed E-state index contributed by atoms with van der Waals surface area (Å²) in [5, 5.41) is 21.7.